The number of aromatic nitrogens is 4. The molecule has 1 amide bonds. The fourth-order valence-electron chi connectivity index (χ4n) is 4.73. The van der Waals surface area contributed by atoms with Gasteiger partial charge in [-0.05, 0) is 64.6 Å². The number of carbonyl (C=O) groups is 1. The highest BCUT2D eigenvalue weighted by Crippen LogP contribution is 2.65. The number of hydrogen-bond donors (Lipinski definition) is 1. The minimum atomic E-state index is -0.0144. The van der Waals surface area contributed by atoms with Gasteiger partial charge in [0.2, 0.25) is 0 Å². The molecule has 1 aromatic carbocycles. The largest absolute Gasteiger partial charge is 0.349 e. The van der Waals surface area contributed by atoms with Crippen molar-refractivity contribution in [2.24, 2.45) is 16.7 Å². The molecular formula is C18H23N5O. The smallest absolute Gasteiger partial charge is 0.251 e. The molecular weight excluding hydrogens is 302 g/mol. The van der Waals surface area contributed by atoms with Crippen molar-refractivity contribution in [3.05, 3.63) is 36.2 Å². The van der Waals surface area contributed by atoms with Crippen molar-refractivity contribution in [3.63, 3.8) is 0 Å². The molecule has 0 aliphatic heterocycles. The Morgan fingerprint density at radius 1 is 1.33 bits per heavy atom. The highest BCUT2D eigenvalue weighted by Gasteiger charge is 2.61. The molecule has 2 aromatic rings. The van der Waals surface area contributed by atoms with E-state index in [0.717, 1.165) is 12.1 Å². The van der Waals surface area contributed by atoms with Gasteiger partial charge in [0.15, 0.2) is 0 Å². The van der Waals surface area contributed by atoms with E-state index in [2.05, 4.69) is 41.6 Å². The van der Waals surface area contributed by atoms with Crippen molar-refractivity contribution in [2.75, 3.05) is 0 Å². The average molecular weight is 325 g/mol. The summed E-state index contributed by atoms with van der Waals surface area (Å²) in [7, 11) is 0. The first-order valence-corrected chi connectivity index (χ1v) is 8.56. The van der Waals surface area contributed by atoms with E-state index in [9.17, 15) is 4.79 Å². The summed E-state index contributed by atoms with van der Waals surface area (Å²) in [5.41, 5.74) is 1.90. The Hall–Kier alpha value is -2.24. The molecule has 4 rings (SSSR count). The van der Waals surface area contributed by atoms with Gasteiger partial charge in [-0.3, -0.25) is 4.79 Å². The highest BCUT2D eigenvalue weighted by atomic mass is 16.1. The summed E-state index contributed by atoms with van der Waals surface area (Å²) >= 11 is 0. The standard InChI is InChI=1S/C18H23N5O/c1-17(2)13-7-8-18(17,3)15(10-13)20-16(24)12-5-4-6-14(9-12)23-11-19-21-22-23/h4-6,9,11,13,15H,7-8,10H2,1-3H3,(H,20,24)/t13-,15+,18-/m1/s1. The predicted molar refractivity (Wildman–Crippen MR) is 89.6 cm³/mol. The van der Waals surface area contributed by atoms with E-state index in [1.165, 1.54) is 19.2 Å². The lowest BCUT2D eigenvalue weighted by molar-refractivity contribution is 0.0826. The summed E-state index contributed by atoms with van der Waals surface area (Å²) in [6.45, 7) is 7.05. The number of rotatable bonds is 3. The van der Waals surface area contributed by atoms with Gasteiger partial charge < -0.3 is 5.32 Å². The zero-order valence-electron chi connectivity index (χ0n) is 14.4. The minimum Gasteiger partial charge on any atom is -0.349 e. The molecule has 1 N–H and O–H groups in total. The topological polar surface area (TPSA) is 72.7 Å². The van der Waals surface area contributed by atoms with E-state index in [1.54, 1.807) is 4.68 Å². The van der Waals surface area contributed by atoms with Crippen molar-refractivity contribution in [3.8, 4) is 5.69 Å². The Balaban J connectivity index is 1.55. The second kappa shape index (κ2) is 5.13. The summed E-state index contributed by atoms with van der Waals surface area (Å²) in [6, 6.07) is 7.65. The first kappa shape index (κ1) is 15.3. The van der Waals surface area contributed by atoms with Crippen LogP contribution in [0.15, 0.2) is 30.6 Å². The maximum Gasteiger partial charge on any atom is 0.251 e. The summed E-state index contributed by atoms with van der Waals surface area (Å²) in [5, 5.41) is 14.4. The molecule has 2 saturated carbocycles. The first-order chi connectivity index (χ1) is 11.4. The fourth-order valence-corrected chi connectivity index (χ4v) is 4.73. The van der Waals surface area contributed by atoms with Crippen LogP contribution in [0.4, 0.5) is 0 Å². The Morgan fingerprint density at radius 3 is 2.79 bits per heavy atom. The van der Waals surface area contributed by atoms with Crippen LogP contribution in [-0.2, 0) is 0 Å². The van der Waals surface area contributed by atoms with Crippen LogP contribution in [0.5, 0.6) is 0 Å². The third-order valence-corrected chi connectivity index (χ3v) is 6.82. The van der Waals surface area contributed by atoms with Crippen molar-refractivity contribution in [1.82, 2.24) is 25.5 Å². The van der Waals surface area contributed by atoms with Crippen LogP contribution in [0.2, 0.25) is 0 Å². The van der Waals surface area contributed by atoms with Crippen LogP contribution in [0.3, 0.4) is 0 Å². The molecule has 2 aliphatic rings. The number of amides is 1. The van der Waals surface area contributed by atoms with E-state index < -0.39 is 0 Å². The second-order valence-electron chi connectivity index (χ2n) is 7.94. The lowest BCUT2D eigenvalue weighted by atomic mass is 9.69. The van der Waals surface area contributed by atoms with E-state index in [0.29, 0.717) is 16.9 Å². The highest BCUT2D eigenvalue weighted by molar-refractivity contribution is 5.95. The molecule has 0 spiro atoms. The van der Waals surface area contributed by atoms with Gasteiger partial charge in [0.25, 0.3) is 5.91 Å². The van der Waals surface area contributed by atoms with Crippen LogP contribution >= 0.6 is 0 Å². The molecule has 2 aliphatic carbocycles. The molecule has 2 bridgehead atoms. The molecule has 6 nitrogen and oxygen atoms in total. The fraction of sp³-hybridized carbons (Fsp3) is 0.556. The number of hydrogen-bond acceptors (Lipinski definition) is 4. The molecule has 0 unspecified atom stereocenters. The Morgan fingerprint density at radius 2 is 2.17 bits per heavy atom. The van der Waals surface area contributed by atoms with Gasteiger partial charge in [-0.1, -0.05) is 26.8 Å². The molecule has 6 heteroatoms. The molecule has 3 atom stereocenters. The quantitative estimate of drug-likeness (QED) is 0.941. The van der Waals surface area contributed by atoms with E-state index >= 15 is 0 Å². The summed E-state index contributed by atoms with van der Waals surface area (Å²) < 4.78 is 1.55. The lowest BCUT2D eigenvalue weighted by Crippen LogP contribution is -2.46. The number of nitrogens with one attached hydrogen (secondary N) is 1. The third kappa shape index (κ3) is 2.08. The Bertz CT molecular complexity index is 769. The molecule has 1 heterocycles. The summed E-state index contributed by atoms with van der Waals surface area (Å²) in [5.74, 6) is 0.694. The predicted octanol–water partition coefficient (Wildman–Crippen LogP) is 2.61. The van der Waals surface area contributed by atoms with Gasteiger partial charge in [-0.25, -0.2) is 4.68 Å². The van der Waals surface area contributed by atoms with Crippen LogP contribution in [0, 0.1) is 16.7 Å². The Labute approximate surface area is 141 Å². The normalized spacial score (nSPS) is 30.5. The van der Waals surface area contributed by atoms with Gasteiger partial charge in [-0.2, -0.15) is 0 Å². The summed E-state index contributed by atoms with van der Waals surface area (Å²) in [4.78, 5) is 12.8. The van der Waals surface area contributed by atoms with Crippen LogP contribution < -0.4 is 5.32 Å². The van der Waals surface area contributed by atoms with E-state index in [-0.39, 0.29) is 17.4 Å². The third-order valence-electron chi connectivity index (χ3n) is 6.82. The van der Waals surface area contributed by atoms with Crippen molar-refractivity contribution >= 4 is 5.91 Å². The van der Waals surface area contributed by atoms with Gasteiger partial charge in [-0.15, -0.1) is 5.10 Å². The maximum atomic E-state index is 12.8. The number of nitrogens with zero attached hydrogens (tertiary/aromatic N) is 4. The van der Waals surface area contributed by atoms with Gasteiger partial charge in [0, 0.05) is 11.6 Å². The van der Waals surface area contributed by atoms with Crippen LogP contribution in [-0.4, -0.2) is 32.2 Å². The second-order valence-corrected chi connectivity index (χ2v) is 7.94. The zero-order chi connectivity index (χ0) is 16.9. The summed E-state index contributed by atoms with van der Waals surface area (Å²) in [6.07, 6.45) is 5.09. The molecule has 0 radical (unpaired) electrons. The maximum absolute atomic E-state index is 12.8. The van der Waals surface area contributed by atoms with Crippen molar-refractivity contribution < 1.29 is 4.79 Å². The minimum absolute atomic E-state index is 0.0144. The van der Waals surface area contributed by atoms with E-state index in [1.807, 2.05) is 24.3 Å². The number of fused-ring (bicyclic) bond motifs is 2. The van der Waals surface area contributed by atoms with Crippen molar-refractivity contribution in [2.45, 2.75) is 46.1 Å². The van der Waals surface area contributed by atoms with Gasteiger partial charge in [0.1, 0.15) is 6.33 Å². The van der Waals surface area contributed by atoms with Crippen LogP contribution in [0.1, 0.15) is 50.4 Å². The molecule has 24 heavy (non-hydrogen) atoms. The molecule has 126 valence electrons. The first-order valence-electron chi connectivity index (χ1n) is 8.56. The molecule has 1 aromatic heterocycles. The van der Waals surface area contributed by atoms with Gasteiger partial charge >= 0.3 is 0 Å². The van der Waals surface area contributed by atoms with Crippen LogP contribution in [0.25, 0.3) is 5.69 Å². The SMILES string of the molecule is CC1(C)[C@@H]2CC[C@]1(C)[C@@H](NC(=O)c1cccc(-n3cnnn3)c1)C2. The molecule has 0 saturated heterocycles. The zero-order valence-corrected chi connectivity index (χ0v) is 14.4. The van der Waals surface area contributed by atoms with E-state index in [4.69, 9.17) is 0 Å². The lowest BCUT2D eigenvalue weighted by Gasteiger charge is -2.39. The monoisotopic (exact) mass is 325 g/mol. The Kier molecular flexibility index (Phi) is 3.27. The number of tetrazole rings is 1. The number of benzene rings is 1. The van der Waals surface area contributed by atoms with Crippen molar-refractivity contribution in [1.29, 1.82) is 0 Å². The average Bonchev–Trinajstić information content (AvgIpc) is 3.22. The molecule has 2 fully saturated rings. The van der Waals surface area contributed by atoms with Gasteiger partial charge in [0.05, 0.1) is 5.69 Å². The number of carbonyl (C=O) groups excluding carboxylic acids is 1.